The largest absolute Gasteiger partial charge is 0.349 e. The Balaban J connectivity index is 2.01. The van der Waals surface area contributed by atoms with Gasteiger partial charge >= 0.3 is 0 Å². The number of aromatic nitrogens is 1. The minimum Gasteiger partial charge on any atom is -0.349 e. The first kappa shape index (κ1) is 11.5. The number of hydrogen-bond acceptors (Lipinski definition) is 2. The average molecular weight is 261 g/mol. The average Bonchev–Trinajstić information content (AvgIpc) is 2.32. The van der Waals surface area contributed by atoms with Crippen molar-refractivity contribution in [3.05, 3.63) is 41.0 Å². The number of pyridine rings is 1. The van der Waals surface area contributed by atoms with Crippen molar-refractivity contribution in [2.45, 2.75) is 25.3 Å². The molecule has 3 nitrogen and oxygen atoms in total. The second kappa shape index (κ2) is 4.58. The van der Waals surface area contributed by atoms with E-state index in [1.807, 2.05) is 24.3 Å². The molecular formula is C14H13ClN2O. The summed E-state index contributed by atoms with van der Waals surface area (Å²) in [5.74, 6) is -0.0554. The normalized spacial score (nSPS) is 15.4. The van der Waals surface area contributed by atoms with E-state index in [1.165, 1.54) is 6.42 Å². The number of carbonyl (C=O) groups is 1. The van der Waals surface area contributed by atoms with E-state index in [1.54, 1.807) is 6.07 Å². The third-order valence-electron chi connectivity index (χ3n) is 3.37. The monoisotopic (exact) mass is 260 g/mol. The van der Waals surface area contributed by atoms with Crippen LogP contribution < -0.4 is 5.32 Å². The minimum absolute atomic E-state index is 0.0554. The molecule has 18 heavy (non-hydrogen) atoms. The molecule has 1 saturated carbocycles. The van der Waals surface area contributed by atoms with E-state index in [9.17, 15) is 4.79 Å². The molecule has 1 aliphatic carbocycles. The summed E-state index contributed by atoms with van der Waals surface area (Å²) in [6.07, 6.45) is 3.34. The maximum Gasteiger partial charge on any atom is 0.252 e. The smallest absolute Gasteiger partial charge is 0.252 e. The maximum atomic E-state index is 12.2. The van der Waals surface area contributed by atoms with Gasteiger partial charge < -0.3 is 5.32 Å². The van der Waals surface area contributed by atoms with Crippen LogP contribution >= 0.6 is 11.6 Å². The number of benzene rings is 1. The summed E-state index contributed by atoms with van der Waals surface area (Å²) < 4.78 is 0. The standard InChI is InChI=1S/C14H13ClN2O/c15-13-8-11(14(18)16-9-4-3-5-9)10-6-1-2-7-12(10)17-13/h1-2,6-9H,3-5H2,(H,16,18). The van der Waals surface area contributed by atoms with Gasteiger partial charge in [-0.25, -0.2) is 4.98 Å². The van der Waals surface area contributed by atoms with E-state index in [4.69, 9.17) is 11.6 Å². The molecule has 0 aliphatic heterocycles. The van der Waals surface area contributed by atoms with Crippen LogP contribution in [0, 0.1) is 0 Å². The highest BCUT2D eigenvalue weighted by Crippen LogP contribution is 2.23. The van der Waals surface area contributed by atoms with Gasteiger partial charge in [0.2, 0.25) is 0 Å². The van der Waals surface area contributed by atoms with Crippen LogP contribution in [0.3, 0.4) is 0 Å². The first-order valence-corrected chi connectivity index (χ1v) is 6.48. The number of nitrogens with one attached hydrogen (secondary N) is 1. The highest BCUT2D eigenvalue weighted by atomic mass is 35.5. The summed E-state index contributed by atoms with van der Waals surface area (Å²) in [7, 11) is 0. The van der Waals surface area contributed by atoms with Crippen molar-refractivity contribution in [3.8, 4) is 0 Å². The molecule has 0 unspecified atom stereocenters. The number of halogens is 1. The fraction of sp³-hybridized carbons (Fsp3) is 0.286. The molecule has 92 valence electrons. The van der Waals surface area contributed by atoms with Gasteiger partial charge in [0.1, 0.15) is 5.15 Å². The van der Waals surface area contributed by atoms with Crippen molar-refractivity contribution in [3.63, 3.8) is 0 Å². The minimum atomic E-state index is -0.0554. The molecule has 0 spiro atoms. The molecule has 1 aromatic carbocycles. The van der Waals surface area contributed by atoms with Gasteiger partial charge in [-0.15, -0.1) is 0 Å². The molecule has 1 N–H and O–H groups in total. The number of hydrogen-bond donors (Lipinski definition) is 1. The van der Waals surface area contributed by atoms with Crippen molar-refractivity contribution in [2.75, 3.05) is 0 Å². The van der Waals surface area contributed by atoms with E-state index < -0.39 is 0 Å². The quantitative estimate of drug-likeness (QED) is 0.843. The Kier molecular flexibility index (Phi) is 2.92. The maximum absolute atomic E-state index is 12.2. The topological polar surface area (TPSA) is 42.0 Å². The van der Waals surface area contributed by atoms with Crippen LogP contribution in [0.2, 0.25) is 5.15 Å². The van der Waals surface area contributed by atoms with Crippen LogP contribution in [0.15, 0.2) is 30.3 Å². The highest BCUT2D eigenvalue weighted by Gasteiger charge is 2.21. The third-order valence-corrected chi connectivity index (χ3v) is 3.56. The lowest BCUT2D eigenvalue weighted by Crippen LogP contribution is -2.39. The fourth-order valence-corrected chi connectivity index (χ4v) is 2.35. The number of amides is 1. The molecule has 0 atom stereocenters. The molecule has 1 heterocycles. The first-order chi connectivity index (χ1) is 8.74. The van der Waals surface area contributed by atoms with E-state index in [0.717, 1.165) is 23.7 Å². The van der Waals surface area contributed by atoms with Crippen molar-refractivity contribution >= 4 is 28.4 Å². The summed E-state index contributed by atoms with van der Waals surface area (Å²) in [4.78, 5) is 16.4. The summed E-state index contributed by atoms with van der Waals surface area (Å²) in [5.41, 5.74) is 1.36. The summed E-state index contributed by atoms with van der Waals surface area (Å²) in [5, 5.41) is 4.23. The third kappa shape index (κ3) is 2.06. The molecule has 4 heteroatoms. The van der Waals surface area contributed by atoms with Crippen molar-refractivity contribution in [1.29, 1.82) is 0 Å². The fourth-order valence-electron chi connectivity index (χ4n) is 2.15. The predicted octanol–water partition coefficient (Wildman–Crippen LogP) is 3.17. The lowest BCUT2D eigenvalue weighted by atomic mass is 9.93. The summed E-state index contributed by atoms with van der Waals surface area (Å²) in [6.45, 7) is 0. The van der Waals surface area contributed by atoms with Gasteiger partial charge in [0, 0.05) is 11.4 Å². The van der Waals surface area contributed by atoms with Gasteiger partial charge in [-0.2, -0.15) is 0 Å². The first-order valence-electron chi connectivity index (χ1n) is 6.10. The van der Waals surface area contributed by atoms with Crippen LogP contribution in [0.1, 0.15) is 29.6 Å². The Morgan fingerprint density at radius 1 is 1.33 bits per heavy atom. The molecule has 2 aromatic rings. The molecule has 0 saturated heterocycles. The molecular weight excluding hydrogens is 248 g/mol. The van der Waals surface area contributed by atoms with Gasteiger partial charge in [0.15, 0.2) is 0 Å². The summed E-state index contributed by atoms with van der Waals surface area (Å²) >= 11 is 5.96. The number of fused-ring (bicyclic) bond motifs is 1. The molecule has 1 aliphatic rings. The van der Waals surface area contributed by atoms with Crippen molar-refractivity contribution < 1.29 is 4.79 Å². The SMILES string of the molecule is O=C(NC1CCC1)c1cc(Cl)nc2ccccc12. The summed E-state index contributed by atoms with van der Waals surface area (Å²) in [6, 6.07) is 9.51. The number of rotatable bonds is 2. The molecule has 1 fully saturated rings. The van der Waals surface area contributed by atoms with Crippen LogP contribution in [0.25, 0.3) is 10.9 Å². The molecule has 1 amide bonds. The Morgan fingerprint density at radius 3 is 2.83 bits per heavy atom. The predicted molar refractivity (Wildman–Crippen MR) is 71.9 cm³/mol. The number of nitrogens with zero attached hydrogens (tertiary/aromatic N) is 1. The number of carbonyl (C=O) groups excluding carboxylic acids is 1. The van der Waals surface area contributed by atoms with E-state index in [-0.39, 0.29) is 5.91 Å². The second-order valence-corrected chi connectivity index (χ2v) is 5.00. The zero-order valence-electron chi connectivity index (χ0n) is 9.82. The van der Waals surface area contributed by atoms with Gasteiger partial charge in [-0.1, -0.05) is 29.8 Å². The molecule has 3 rings (SSSR count). The Morgan fingerprint density at radius 2 is 2.11 bits per heavy atom. The number of para-hydroxylation sites is 1. The lowest BCUT2D eigenvalue weighted by Gasteiger charge is -2.26. The van der Waals surface area contributed by atoms with Crippen LogP contribution in [-0.2, 0) is 0 Å². The molecule has 0 radical (unpaired) electrons. The molecule has 0 bridgehead atoms. The van der Waals surface area contributed by atoms with Crippen LogP contribution in [-0.4, -0.2) is 16.9 Å². The Bertz CT molecular complexity index is 608. The van der Waals surface area contributed by atoms with Gasteiger partial charge in [-0.05, 0) is 31.4 Å². The van der Waals surface area contributed by atoms with Crippen LogP contribution in [0.4, 0.5) is 0 Å². The van der Waals surface area contributed by atoms with E-state index >= 15 is 0 Å². The Hall–Kier alpha value is -1.61. The van der Waals surface area contributed by atoms with Crippen LogP contribution in [0.5, 0.6) is 0 Å². The van der Waals surface area contributed by atoms with Gasteiger partial charge in [0.05, 0.1) is 11.1 Å². The van der Waals surface area contributed by atoms with E-state index in [2.05, 4.69) is 10.3 Å². The highest BCUT2D eigenvalue weighted by molar-refractivity contribution is 6.30. The van der Waals surface area contributed by atoms with Gasteiger partial charge in [0.25, 0.3) is 5.91 Å². The molecule has 1 aromatic heterocycles. The zero-order chi connectivity index (χ0) is 12.5. The Labute approximate surface area is 110 Å². The van der Waals surface area contributed by atoms with Crippen molar-refractivity contribution in [1.82, 2.24) is 10.3 Å². The van der Waals surface area contributed by atoms with Crippen molar-refractivity contribution in [2.24, 2.45) is 0 Å². The van der Waals surface area contributed by atoms with E-state index in [0.29, 0.717) is 16.8 Å². The zero-order valence-corrected chi connectivity index (χ0v) is 10.6. The lowest BCUT2D eigenvalue weighted by molar-refractivity contribution is 0.0918. The van der Waals surface area contributed by atoms with Gasteiger partial charge in [-0.3, -0.25) is 4.79 Å². The second-order valence-electron chi connectivity index (χ2n) is 4.61.